The van der Waals surface area contributed by atoms with E-state index in [-0.39, 0.29) is 61.6 Å². The quantitative estimate of drug-likeness (QED) is 0.0678. The molecule has 1 N–H and O–H groups in total. The molecule has 1 fully saturated rings. The van der Waals surface area contributed by atoms with Crippen LogP contribution in [0.3, 0.4) is 0 Å². The van der Waals surface area contributed by atoms with Gasteiger partial charge in [0.1, 0.15) is 22.7 Å². The maximum Gasteiger partial charge on any atom is 0.514 e. The summed E-state index contributed by atoms with van der Waals surface area (Å²) in [6.07, 6.45) is 0.585. The maximum absolute atomic E-state index is 16.4. The van der Waals surface area contributed by atoms with Gasteiger partial charge in [-0.15, -0.1) is 0 Å². The predicted octanol–water partition coefficient (Wildman–Crippen LogP) is 9.68. The summed E-state index contributed by atoms with van der Waals surface area (Å²) in [5, 5.41) is 16.0. The van der Waals surface area contributed by atoms with Gasteiger partial charge in [0.2, 0.25) is 11.6 Å². The van der Waals surface area contributed by atoms with Crippen LogP contribution in [0.25, 0.3) is 5.76 Å². The number of fused-ring (bicyclic) bond motifs is 4. The molecule has 0 spiro atoms. The molecular formula is C37H49Br2FN2O9Si. The van der Waals surface area contributed by atoms with Crippen molar-refractivity contribution in [3.8, 4) is 11.6 Å². The number of rotatable bonds is 8. The topological polar surface area (TPSA) is 138 Å². The summed E-state index contributed by atoms with van der Waals surface area (Å²) in [5.74, 6) is -5.01. The number of hydrogen-bond acceptors (Lipinski definition) is 11. The molecule has 2 aromatic rings. The highest BCUT2D eigenvalue weighted by Gasteiger charge is 2.69. The van der Waals surface area contributed by atoms with Crippen molar-refractivity contribution in [1.82, 2.24) is 10.1 Å². The van der Waals surface area contributed by atoms with E-state index < -0.39 is 77.7 Å². The Balaban J connectivity index is 1.82. The third-order valence-corrected chi connectivity index (χ3v) is 17.3. The van der Waals surface area contributed by atoms with E-state index in [1.54, 1.807) is 27.7 Å². The Hall–Kier alpha value is -2.59. The van der Waals surface area contributed by atoms with Crippen molar-refractivity contribution < 1.29 is 47.0 Å². The average Bonchev–Trinajstić information content (AvgIpc) is 3.43. The fourth-order valence-electron chi connectivity index (χ4n) is 7.36. The molecule has 5 atom stereocenters. The van der Waals surface area contributed by atoms with Crippen LogP contribution in [0.2, 0.25) is 18.1 Å². The molecule has 0 amide bonds. The molecule has 0 saturated heterocycles. The van der Waals surface area contributed by atoms with Crippen molar-refractivity contribution in [3.63, 3.8) is 0 Å². The Morgan fingerprint density at radius 2 is 1.73 bits per heavy atom. The van der Waals surface area contributed by atoms with Gasteiger partial charge >= 0.3 is 6.16 Å². The lowest BCUT2D eigenvalue weighted by molar-refractivity contribution is -0.141. The van der Waals surface area contributed by atoms with Gasteiger partial charge in [-0.2, -0.15) is 0 Å². The number of Topliss-reactive ketones (excluding diaryl/α,β-unsaturated/α-hetero) is 2. The van der Waals surface area contributed by atoms with Gasteiger partial charge in [-0.25, -0.2) is 9.18 Å². The second-order valence-electron chi connectivity index (χ2n) is 16.7. The van der Waals surface area contributed by atoms with Crippen LogP contribution in [0.15, 0.2) is 19.0 Å². The summed E-state index contributed by atoms with van der Waals surface area (Å²) in [5.41, 5.74) is -3.27. The van der Waals surface area contributed by atoms with Crippen molar-refractivity contribution >= 4 is 63.7 Å². The van der Waals surface area contributed by atoms with E-state index in [1.807, 2.05) is 59.8 Å². The van der Waals surface area contributed by atoms with Crippen LogP contribution in [0.1, 0.15) is 114 Å². The standard InChI is InChI=1S/C37H49Br2FN2O9Si/c1-13-14-15-47-33-23-30(50-41-33)27(42(9)10)19-16-18-17(2)20-22(29(25(39)24(38)26(20)40)48-34(46)49-35(3,4)5)28(43)21(18)31(44)37(19,32(23)45)51-52(11,12)36(6,7)8/h17-19,27,43H,13-16H2,1-12H3/t17-,18-,19+,27+,37+/m1/s1. The van der Waals surface area contributed by atoms with E-state index in [0.29, 0.717) is 6.42 Å². The molecule has 1 heterocycles. The van der Waals surface area contributed by atoms with Crippen molar-refractivity contribution in [2.75, 3.05) is 20.7 Å². The van der Waals surface area contributed by atoms with Gasteiger partial charge in [-0.3, -0.25) is 14.5 Å². The molecule has 1 aromatic carbocycles. The Kier molecular flexibility index (Phi) is 10.9. The van der Waals surface area contributed by atoms with E-state index >= 15 is 14.0 Å². The third kappa shape index (κ3) is 6.49. The van der Waals surface area contributed by atoms with Crippen LogP contribution >= 0.6 is 31.9 Å². The van der Waals surface area contributed by atoms with E-state index in [2.05, 4.69) is 37.0 Å². The lowest BCUT2D eigenvalue weighted by Gasteiger charge is -2.55. The number of aliphatic hydroxyl groups is 1. The van der Waals surface area contributed by atoms with Crippen molar-refractivity contribution in [2.24, 2.45) is 11.8 Å². The first-order valence-corrected chi connectivity index (χ1v) is 22.0. The van der Waals surface area contributed by atoms with Gasteiger partial charge in [-0.1, -0.05) is 41.0 Å². The zero-order chi connectivity index (χ0) is 39.0. The van der Waals surface area contributed by atoms with Crippen molar-refractivity contribution in [2.45, 2.75) is 116 Å². The number of carbonyl (C=O) groups is 3. The molecule has 0 aliphatic heterocycles. The molecule has 0 radical (unpaired) electrons. The molecule has 3 aliphatic carbocycles. The first-order chi connectivity index (χ1) is 23.9. The van der Waals surface area contributed by atoms with Gasteiger partial charge in [0.15, 0.2) is 25.4 Å². The van der Waals surface area contributed by atoms with E-state index in [0.717, 1.165) is 6.42 Å². The SMILES string of the molecule is CCCCOc1noc2c1C(=O)[C@@]1(O[Si](C)(C)C(C)(C)C)C(=O)C3=C(O)c4c(OC(=O)OC(C)(C)C)c(Br)c(Br)c(F)c4[C@H](C)[C@H]3C[C@H]1[C@@H]2N(C)C. The Morgan fingerprint density at radius 3 is 2.29 bits per heavy atom. The average molecular weight is 873 g/mol. The predicted molar refractivity (Wildman–Crippen MR) is 202 cm³/mol. The number of hydrogen-bond donors (Lipinski definition) is 1. The molecule has 3 aliphatic rings. The van der Waals surface area contributed by atoms with Crippen LogP contribution in [-0.4, -0.2) is 73.1 Å². The monoisotopic (exact) mass is 870 g/mol. The number of ether oxygens (including phenoxy) is 3. The molecule has 0 bridgehead atoms. The van der Waals surface area contributed by atoms with Crippen molar-refractivity contribution in [1.29, 1.82) is 0 Å². The molecule has 5 rings (SSSR count). The highest BCUT2D eigenvalue weighted by Crippen LogP contribution is 2.62. The van der Waals surface area contributed by atoms with Crippen LogP contribution in [-0.2, 0) is 14.0 Å². The number of nitrogens with zero attached hydrogens (tertiary/aromatic N) is 2. The summed E-state index contributed by atoms with van der Waals surface area (Å²) < 4.78 is 46.4. The second kappa shape index (κ2) is 13.9. The maximum atomic E-state index is 16.4. The minimum Gasteiger partial charge on any atom is -0.507 e. The number of ketones is 2. The summed E-state index contributed by atoms with van der Waals surface area (Å²) in [6, 6.07) is -0.678. The highest BCUT2D eigenvalue weighted by atomic mass is 79.9. The summed E-state index contributed by atoms with van der Waals surface area (Å²) in [7, 11) is 0.674. The molecule has 11 nitrogen and oxygen atoms in total. The first-order valence-electron chi connectivity index (χ1n) is 17.6. The first kappa shape index (κ1) is 40.6. The fourth-order valence-corrected chi connectivity index (χ4v) is 9.65. The normalized spacial score (nSPS) is 24.7. The van der Waals surface area contributed by atoms with Crippen LogP contribution in [0.4, 0.5) is 9.18 Å². The molecule has 15 heteroatoms. The lowest BCUT2D eigenvalue weighted by atomic mass is 9.55. The van der Waals surface area contributed by atoms with Crippen LogP contribution in [0, 0.1) is 17.7 Å². The number of unbranched alkanes of at least 4 members (excludes halogenated alkanes) is 1. The van der Waals surface area contributed by atoms with E-state index in [4.69, 9.17) is 23.2 Å². The van der Waals surface area contributed by atoms with Gasteiger partial charge < -0.3 is 28.3 Å². The number of carbonyl (C=O) groups excluding carboxylic acids is 3. The lowest BCUT2D eigenvalue weighted by Crippen LogP contribution is -2.68. The number of aromatic nitrogens is 1. The largest absolute Gasteiger partial charge is 0.514 e. The summed E-state index contributed by atoms with van der Waals surface area (Å²) in [6.45, 7) is 19.0. The molecule has 1 aromatic heterocycles. The Bertz CT molecular complexity index is 1840. The Morgan fingerprint density at radius 1 is 1.10 bits per heavy atom. The zero-order valence-electron chi connectivity index (χ0n) is 31.9. The third-order valence-electron chi connectivity index (χ3n) is 10.8. The molecular weight excluding hydrogens is 823 g/mol. The van der Waals surface area contributed by atoms with Gasteiger partial charge in [-0.05, 0) is 115 Å². The van der Waals surface area contributed by atoms with Crippen molar-refractivity contribution in [3.05, 3.63) is 42.8 Å². The van der Waals surface area contributed by atoms with Crippen LogP contribution in [0.5, 0.6) is 11.6 Å². The number of benzene rings is 1. The van der Waals surface area contributed by atoms with Crippen LogP contribution < -0.4 is 9.47 Å². The van der Waals surface area contributed by atoms with Gasteiger partial charge in [0.25, 0.3) is 5.88 Å². The number of halogens is 3. The smallest absolute Gasteiger partial charge is 0.507 e. The minimum absolute atomic E-state index is 0.00909. The van der Waals surface area contributed by atoms with Gasteiger partial charge in [0, 0.05) is 17.1 Å². The van der Waals surface area contributed by atoms with E-state index in [1.165, 1.54) is 0 Å². The zero-order valence-corrected chi connectivity index (χ0v) is 36.1. The highest BCUT2D eigenvalue weighted by molar-refractivity contribution is 9.13. The van der Waals surface area contributed by atoms with E-state index in [9.17, 15) is 9.90 Å². The molecule has 0 unspecified atom stereocenters. The Labute approximate surface area is 322 Å². The minimum atomic E-state index is -2.97. The second-order valence-corrected chi connectivity index (χ2v) is 23.0. The molecule has 52 heavy (non-hydrogen) atoms. The van der Waals surface area contributed by atoms with Gasteiger partial charge in [0.05, 0.1) is 27.2 Å². The molecule has 286 valence electrons. The fraction of sp³-hybridized carbons (Fsp3) is 0.622. The molecule has 1 saturated carbocycles. The summed E-state index contributed by atoms with van der Waals surface area (Å²) in [4.78, 5) is 45.8. The summed E-state index contributed by atoms with van der Waals surface area (Å²) >= 11 is 6.61. The number of aliphatic hydroxyl groups excluding tert-OH is 1.